The zero-order chi connectivity index (χ0) is 36.6. The molecule has 4 amide bonds. The predicted octanol–water partition coefficient (Wildman–Crippen LogP) is 7.75. The number of fused-ring (bicyclic) bond motifs is 4. The van der Waals surface area contributed by atoms with Gasteiger partial charge in [0.1, 0.15) is 5.82 Å². The van der Waals surface area contributed by atoms with Gasteiger partial charge in [0.15, 0.2) is 11.5 Å². The van der Waals surface area contributed by atoms with Gasteiger partial charge in [-0.25, -0.2) is 4.39 Å². The molecule has 0 spiro atoms. The number of hydrogen-bond acceptors (Lipinski definition) is 7. The lowest BCUT2D eigenvalue weighted by atomic mass is 9.49. The SMILES string of the molecule is COc1cc([C@H]2C3=CC[C@@H]4C(=O)N(c5ccc(I)cc5)C(=O)[C@@H]4[C@@H]3C[C@H]3C(=O)N(Nc4ccc(F)cc4)C(=O)[C@@]23c2ccc(Cl)cc2)cc(Br)c1O. The molecule has 13 heteroatoms. The first kappa shape index (κ1) is 34.8. The third-order valence-corrected chi connectivity index (χ3v) is 12.5. The van der Waals surface area contributed by atoms with Crippen molar-refractivity contribution in [2.75, 3.05) is 17.4 Å². The van der Waals surface area contributed by atoms with E-state index in [9.17, 15) is 23.9 Å². The number of carbonyl (C=O) groups excluding carboxylic acids is 4. The molecule has 2 N–H and O–H groups in total. The van der Waals surface area contributed by atoms with Gasteiger partial charge >= 0.3 is 0 Å². The molecular formula is C39H29BrClFIN3O6. The van der Waals surface area contributed by atoms with Gasteiger partial charge in [0, 0.05) is 14.5 Å². The summed E-state index contributed by atoms with van der Waals surface area (Å²) < 4.78 is 20.7. The van der Waals surface area contributed by atoms with Crippen LogP contribution in [0.5, 0.6) is 11.5 Å². The number of allylic oxidation sites excluding steroid dienone is 2. The minimum absolute atomic E-state index is 0.0915. The average Bonchev–Trinajstić information content (AvgIpc) is 3.51. The maximum atomic E-state index is 15.3. The van der Waals surface area contributed by atoms with Gasteiger partial charge in [-0.05, 0) is 141 Å². The summed E-state index contributed by atoms with van der Waals surface area (Å²) in [5.41, 5.74) is 3.97. The molecule has 0 bridgehead atoms. The number of ether oxygens (including phenoxy) is 1. The van der Waals surface area contributed by atoms with Gasteiger partial charge in [0.2, 0.25) is 11.8 Å². The molecule has 4 aromatic rings. The maximum absolute atomic E-state index is 15.3. The molecule has 9 nitrogen and oxygen atoms in total. The second kappa shape index (κ2) is 13.0. The summed E-state index contributed by atoms with van der Waals surface area (Å²) in [5, 5.41) is 12.3. The number of phenols is 1. The van der Waals surface area contributed by atoms with Crippen molar-refractivity contribution in [3.8, 4) is 11.5 Å². The standard InChI is InChI=1S/C39H29BrClFIN3O6/c1-52-31-17-19(16-30(40)34(31)47)33-26-14-15-27-32(37(50)45(35(27)48)25-12-8-23(43)9-13-25)28(26)18-29-36(49)46(44-24-10-6-22(42)7-11-24)38(51)39(29,33)20-2-4-21(41)5-3-20/h2-14,16-17,27-29,32-33,44,47H,15,18H2,1H3/t27-,28+,29-,32-,33-,39+/m0/s1. The van der Waals surface area contributed by atoms with E-state index in [0.29, 0.717) is 32.0 Å². The molecule has 0 aromatic heterocycles. The monoisotopic (exact) mass is 895 g/mol. The minimum atomic E-state index is -1.58. The van der Waals surface area contributed by atoms with E-state index in [1.54, 1.807) is 48.5 Å². The van der Waals surface area contributed by atoms with E-state index in [1.165, 1.54) is 36.3 Å². The molecule has 6 atom stereocenters. The number of halogens is 4. The number of amides is 4. The number of imide groups is 2. The quantitative estimate of drug-likeness (QED) is 0.116. The Bertz CT molecular complexity index is 2200. The van der Waals surface area contributed by atoms with E-state index < -0.39 is 52.6 Å². The summed E-state index contributed by atoms with van der Waals surface area (Å²) in [6, 6.07) is 22.6. The van der Waals surface area contributed by atoms with Crippen LogP contribution in [0.15, 0.2) is 101 Å². The molecule has 0 radical (unpaired) electrons. The van der Waals surface area contributed by atoms with Crippen molar-refractivity contribution in [1.82, 2.24) is 5.01 Å². The fraction of sp³-hybridized carbons (Fsp3) is 0.231. The second-order valence-corrected chi connectivity index (χ2v) is 16.0. The summed E-state index contributed by atoms with van der Waals surface area (Å²) in [4.78, 5) is 59.8. The third kappa shape index (κ3) is 5.19. The molecule has 52 heavy (non-hydrogen) atoms. The second-order valence-electron chi connectivity index (χ2n) is 13.4. The van der Waals surface area contributed by atoms with Crippen molar-refractivity contribution in [2.24, 2.45) is 23.7 Å². The average molecular weight is 897 g/mol. The van der Waals surface area contributed by atoms with Gasteiger partial charge in [-0.15, -0.1) is 0 Å². The molecule has 1 saturated carbocycles. The van der Waals surface area contributed by atoms with E-state index in [2.05, 4.69) is 43.9 Å². The van der Waals surface area contributed by atoms with E-state index in [0.717, 1.165) is 14.2 Å². The number of aromatic hydroxyl groups is 1. The Hall–Kier alpha value is -4.27. The number of carbonyl (C=O) groups is 4. The summed E-state index contributed by atoms with van der Waals surface area (Å²) in [7, 11) is 1.41. The Morgan fingerprint density at radius 2 is 1.63 bits per heavy atom. The number of hydrogen-bond donors (Lipinski definition) is 2. The lowest BCUT2D eigenvalue weighted by molar-refractivity contribution is -0.138. The molecule has 4 aliphatic rings. The molecule has 4 aromatic carbocycles. The van der Waals surface area contributed by atoms with Crippen LogP contribution < -0.4 is 15.1 Å². The smallest absolute Gasteiger partial charge is 0.260 e. The minimum Gasteiger partial charge on any atom is -0.503 e. The van der Waals surface area contributed by atoms with Crippen molar-refractivity contribution < 1.29 is 33.4 Å². The van der Waals surface area contributed by atoms with Gasteiger partial charge < -0.3 is 9.84 Å². The molecule has 3 fully saturated rings. The molecular weight excluding hydrogens is 868 g/mol. The Kier molecular flexibility index (Phi) is 8.69. The van der Waals surface area contributed by atoms with Crippen LogP contribution in [0.3, 0.4) is 0 Å². The first-order chi connectivity index (χ1) is 24.9. The van der Waals surface area contributed by atoms with Crippen molar-refractivity contribution in [3.63, 3.8) is 0 Å². The normalized spacial score (nSPS) is 26.6. The zero-order valence-electron chi connectivity index (χ0n) is 27.4. The van der Waals surface area contributed by atoms with Gasteiger partial charge in [-0.3, -0.25) is 29.5 Å². The van der Waals surface area contributed by atoms with Crippen LogP contribution in [0.4, 0.5) is 15.8 Å². The van der Waals surface area contributed by atoms with Crippen molar-refractivity contribution in [2.45, 2.75) is 24.2 Å². The number of rotatable bonds is 6. The number of benzene rings is 4. The van der Waals surface area contributed by atoms with Gasteiger partial charge in [-0.1, -0.05) is 35.4 Å². The first-order valence-electron chi connectivity index (χ1n) is 16.5. The predicted molar refractivity (Wildman–Crippen MR) is 203 cm³/mol. The van der Waals surface area contributed by atoms with Crippen LogP contribution >= 0.6 is 50.1 Å². The van der Waals surface area contributed by atoms with E-state index in [1.807, 2.05) is 18.2 Å². The van der Waals surface area contributed by atoms with Crippen LogP contribution in [0.1, 0.15) is 29.9 Å². The summed E-state index contributed by atoms with van der Waals surface area (Å²) in [6.45, 7) is 0. The molecule has 2 heterocycles. The fourth-order valence-corrected chi connectivity index (χ4v) is 9.74. The fourth-order valence-electron chi connectivity index (χ4n) is 8.79. The first-order valence-corrected chi connectivity index (χ1v) is 18.8. The topological polar surface area (TPSA) is 116 Å². The Morgan fingerprint density at radius 1 is 0.942 bits per heavy atom. The van der Waals surface area contributed by atoms with Crippen molar-refractivity contribution in [1.29, 1.82) is 0 Å². The van der Waals surface area contributed by atoms with E-state index >= 15 is 4.79 Å². The molecule has 0 unspecified atom stereocenters. The van der Waals surface area contributed by atoms with Crippen molar-refractivity contribution >= 4 is 85.1 Å². The highest BCUT2D eigenvalue weighted by atomic mass is 127. The number of methoxy groups -OCH3 is 1. The number of anilines is 2. The van der Waals surface area contributed by atoms with Crippen LogP contribution in [0.25, 0.3) is 0 Å². The number of nitrogens with zero attached hydrogens (tertiary/aromatic N) is 2. The van der Waals surface area contributed by atoms with Crippen molar-refractivity contribution in [3.05, 3.63) is 127 Å². The summed E-state index contributed by atoms with van der Waals surface area (Å²) in [5.74, 6) is -6.18. The Labute approximate surface area is 325 Å². The lowest BCUT2D eigenvalue weighted by Gasteiger charge is -2.50. The van der Waals surface area contributed by atoms with Gasteiger partial charge in [-0.2, -0.15) is 5.01 Å². The summed E-state index contributed by atoms with van der Waals surface area (Å²) >= 11 is 12.0. The number of hydrazine groups is 1. The third-order valence-electron chi connectivity index (χ3n) is 10.9. The Morgan fingerprint density at radius 3 is 2.31 bits per heavy atom. The number of phenolic OH excluding ortho intramolecular Hbond substituents is 1. The van der Waals surface area contributed by atoms with Gasteiger partial charge in [0.25, 0.3) is 11.8 Å². The Balaban J connectivity index is 1.35. The van der Waals surface area contributed by atoms with Gasteiger partial charge in [0.05, 0.1) is 46.1 Å². The molecule has 2 aliphatic heterocycles. The largest absolute Gasteiger partial charge is 0.503 e. The van der Waals surface area contributed by atoms with Crippen LogP contribution in [0, 0.1) is 33.1 Å². The molecule has 264 valence electrons. The molecule has 8 rings (SSSR count). The zero-order valence-corrected chi connectivity index (χ0v) is 31.9. The van der Waals surface area contributed by atoms with E-state index in [-0.39, 0.29) is 36.2 Å². The molecule has 2 aliphatic carbocycles. The highest BCUT2D eigenvalue weighted by molar-refractivity contribution is 14.1. The molecule has 2 saturated heterocycles. The van der Waals surface area contributed by atoms with Crippen LogP contribution in [-0.4, -0.2) is 40.9 Å². The lowest BCUT2D eigenvalue weighted by Crippen LogP contribution is -2.53. The number of nitrogens with one attached hydrogen (secondary N) is 1. The highest BCUT2D eigenvalue weighted by Gasteiger charge is 2.70. The maximum Gasteiger partial charge on any atom is 0.260 e. The highest BCUT2D eigenvalue weighted by Crippen LogP contribution is 2.64. The van der Waals surface area contributed by atoms with Crippen LogP contribution in [0.2, 0.25) is 5.02 Å². The van der Waals surface area contributed by atoms with Crippen LogP contribution in [-0.2, 0) is 24.6 Å². The summed E-state index contributed by atoms with van der Waals surface area (Å²) in [6.07, 6.45) is 2.29. The van der Waals surface area contributed by atoms with E-state index in [4.69, 9.17) is 16.3 Å².